The molecule has 17 heavy (non-hydrogen) atoms. The number of aliphatic hydroxyl groups excluding tert-OH is 2. The second kappa shape index (κ2) is 6.89. The molecule has 0 aliphatic rings. The van der Waals surface area contributed by atoms with E-state index in [0.29, 0.717) is 5.56 Å². The van der Waals surface area contributed by atoms with Crippen molar-refractivity contribution in [2.45, 2.75) is 19.1 Å². The second-order valence-electron chi connectivity index (χ2n) is 3.48. The standard InChI is InChI=1S/C11H12Br2O3S/c1-6(14)17-5-10(15)11(16)8-4-7(12)2-3-9(8)13/h2-4,10-11,15-16H,5H2,1H3. The van der Waals surface area contributed by atoms with Gasteiger partial charge >= 0.3 is 0 Å². The first-order valence-electron chi connectivity index (χ1n) is 4.86. The van der Waals surface area contributed by atoms with Crippen molar-refractivity contribution in [3.05, 3.63) is 32.7 Å². The minimum atomic E-state index is -1.02. The SMILES string of the molecule is CC(=O)SCC(O)C(O)c1cc(Br)ccc1Br. The van der Waals surface area contributed by atoms with Gasteiger partial charge in [-0.15, -0.1) is 0 Å². The Morgan fingerprint density at radius 3 is 2.65 bits per heavy atom. The molecule has 94 valence electrons. The van der Waals surface area contributed by atoms with Gasteiger partial charge in [0.25, 0.3) is 0 Å². The minimum Gasteiger partial charge on any atom is -0.389 e. The number of carbonyl (C=O) groups excluding carboxylic acids is 1. The molecule has 1 aromatic carbocycles. The average molecular weight is 384 g/mol. The normalized spacial score (nSPS) is 14.4. The van der Waals surface area contributed by atoms with Gasteiger partial charge in [-0.1, -0.05) is 43.6 Å². The summed E-state index contributed by atoms with van der Waals surface area (Å²) in [7, 11) is 0. The van der Waals surface area contributed by atoms with E-state index in [4.69, 9.17) is 0 Å². The molecule has 0 radical (unpaired) electrons. The van der Waals surface area contributed by atoms with E-state index in [-0.39, 0.29) is 10.9 Å². The molecule has 0 heterocycles. The quantitative estimate of drug-likeness (QED) is 0.839. The Kier molecular flexibility index (Phi) is 6.16. The molecular formula is C11H12Br2O3S. The first kappa shape index (κ1) is 15.2. The highest BCUT2D eigenvalue weighted by Crippen LogP contribution is 2.29. The van der Waals surface area contributed by atoms with Gasteiger partial charge in [0.05, 0.1) is 6.10 Å². The predicted molar refractivity (Wildman–Crippen MR) is 75.9 cm³/mol. The van der Waals surface area contributed by atoms with Crippen molar-refractivity contribution in [1.29, 1.82) is 0 Å². The number of aliphatic hydroxyl groups is 2. The number of hydrogen-bond donors (Lipinski definition) is 2. The molecule has 0 saturated heterocycles. The summed E-state index contributed by atoms with van der Waals surface area (Å²) in [5.41, 5.74) is 0.594. The largest absolute Gasteiger partial charge is 0.389 e. The molecule has 0 spiro atoms. The third-order valence-corrected chi connectivity index (χ3v) is 4.23. The van der Waals surface area contributed by atoms with Crippen LogP contribution >= 0.6 is 43.6 Å². The van der Waals surface area contributed by atoms with Crippen LogP contribution in [0.3, 0.4) is 0 Å². The van der Waals surface area contributed by atoms with Crippen LogP contribution in [0.4, 0.5) is 0 Å². The van der Waals surface area contributed by atoms with Crippen molar-refractivity contribution in [3.63, 3.8) is 0 Å². The lowest BCUT2D eigenvalue weighted by molar-refractivity contribution is -0.109. The van der Waals surface area contributed by atoms with Gasteiger partial charge in [-0.25, -0.2) is 0 Å². The van der Waals surface area contributed by atoms with E-state index >= 15 is 0 Å². The maximum Gasteiger partial charge on any atom is 0.185 e. The Morgan fingerprint density at radius 2 is 2.06 bits per heavy atom. The summed E-state index contributed by atoms with van der Waals surface area (Å²) < 4.78 is 1.54. The summed E-state index contributed by atoms with van der Waals surface area (Å²) in [6.07, 6.45) is -2.00. The molecule has 0 saturated carbocycles. The van der Waals surface area contributed by atoms with Crippen molar-refractivity contribution < 1.29 is 15.0 Å². The summed E-state index contributed by atoms with van der Waals surface area (Å²) in [5.74, 6) is 0.176. The number of hydrogen-bond acceptors (Lipinski definition) is 4. The number of benzene rings is 1. The van der Waals surface area contributed by atoms with E-state index in [1.165, 1.54) is 6.92 Å². The van der Waals surface area contributed by atoms with Crippen molar-refractivity contribution in [2.75, 3.05) is 5.75 Å². The fraction of sp³-hybridized carbons (Fsp3) is 0.364. The molecule has 3 nitrogen and oxygen atoms in total. The number of thioether (sulfide) groups is 1. The van der Waals surface area contributed by atoms with E-state index in [1.807, 2.05) is 6.07 Å². The number of rotatable bonds is 4. The van der Waals surface area contributed by atoms with Crippen LogP contribution < -0.4 is 0 Å². The fourth-order valence-corrected chi connectivity index (χ4v) is 2.69. The minimum absolute atomic E-state index is 0.0791. The van der Waals surface area contributed by atoms with Crippen molar-refractivity contribution >= 4 is 48.7 Å². The Bertz CT molecular complexity index is 412. The maximum absolute atomic E-state index is 10.8. The molecule has 2 unspecified atom stereocenters. The van der Waals surface area contributed by atoms with E-state index < -0.39 is 12.2 Å². The third kappa shape index (κ3) is 4.71. The topological polar surface area (TPSA) is 57.5 Å². The molecular weight excluding hydrogens is 372 g/mol. The van der Waals surface area contributed by atoms with Gasteiger partial charge in [0, 0.05) is 21.6 Å². The Morgan fingerprint density at radius 1 is 1.41 bits per heavy atom. The van der Waals surface area contributed by atoms with Crippen molar-refractivity contribution in [1.82, 2.24) is 0 Å². The lowest BCUT2D eigenvalue weighted by Gasteiger charge is -2.18. The van der Waals surface area contributed by atoms with Gasteiger partial charge < -0.3 is 10.2 Å². The van der Waals surface area contributed by atoms with E-state index in [2.05, 4.69) is 31.9 Å². The van der Waals surface area contributed by atoms with Gasteiger partial charge in [-0.05, 0) is 23.8 Å². The maximum atomic E-state index is 10.8. The smallest absolute Gasteiger partial charge is 0.185 e. The molecule has 0 aliphatic carbocycles. The van der Waals surface area contributed by atoms with Crippen LogP contribution in [0.2, 0.25) is 0 Å². The Balaban J connectivity index is 2.77. The van der Waals surface area contributed by atoms with Gasteiger partial charge in [0.15, 0.2) is 5.12 Å². The Labute approximate surface area is 121 Å². The second-order valence-corrected chi connectivity index (χ2v) is 6.45. The van der Waals surface area contributed by atoms with Gasteiger partial charge in [-0.2, -0.15) is 0 Å². The number of halogens is 2. The van der Waals surface area contributed by atoms with Crippen LogP contribution in [0.5, 0.6) is 0 Å². The van der Waals surface area contributed by atoms with Crippen LogP contribution in [-0.2, 0) is 4.79 Å². The zero-order valence-electron chi connectivity index (χ0n) is 9.06. The molecule has 0 amide bonds. The van der Waals surface area contributed by atoms with Gasteiger partial charge in [-0.3, -0.25) is 4.79 Å². The summed E-state index contributed by atoms with van der Waals surface area (Å²) >= 11 is 7.61. The van der Waals surface area contributed by atoms with E-state index in [0.717, 1.165) is 20.7 Å². The summed E-state index contributed by atoms with van der Waals surface area (Å²) in [4.78, 5) is 10.8. The van der Waals surface area contributed by atoms with Crippen LogP contribution in [-0.4, -0.2) is 27.2 Å². The fourth-order valence-electron chi connectivity index (χ4n) is 1.24. The molecule has 2 N–H and O–H groups in total. The molecule has 0 bridgehead atoms. The highest BCUT2D eigenvalue weighted by Gasteiger charge is 2.21. The summed E-state index contributed by atoms with van der Waals surface area (Å²) in [6, 6.07) is 5.35. The van der Waals surface area contributed by atoms with Gasteiger partial charge in [0.2, 0.25) is 0 Å². The van der Waals surface area contributed by atoms with Crippen LogP contribution in [0, 0.1) is 0 Å². The molecule has 0 aromatic heterocycles. The lowest BCUT2D eigenvalue weighted by Crippen LogP contribution is -2.21. The van der Waals surface area contributed by atoms with E-state index in [9.17, 15) is 15.0 Å². The van der Waals surface area contributed by atoms with Crippen LogP contribution in [0.1, 0.15) is 18.6 Å². The molecule has 1 rings (SSSR count). The van der Waals surface area contributed by atoms with Crippen LogP contribution in [0.15, 0.2) is 27.1 Å². The zero-order chi connectivity index (χ0) is 13.0. The first-order chi connectivity index (χ1) is 7.91. The zero-order valence-corrected chi connectivity index (χ0v) is 13.0. The summed E-state index contributed by atoms with van der Waals surface area (Å²) in [6.45, 7) is 1.43. The third-order valence-electron chi connectivity index (χ3n) is 2.10. The number of carbonyl (C=O) groups is 1. The molecule has 2 atom stereocenters. The predicted octanol–water partition coefficient (Wildman–Crippen LogP) is 2.89. The first-order valence-corrected chi connectivity index (χ1v) is 7.43. The molecule has 6 heteroatoms. The molecule has 0 aliphatic heterocycles. The highest BCUT2D eigenvalue weighted by atomic mass is 79.9. The summed E-state index contributed by atoms with van der Waals surface area (Å²) in [5, 5.41) is 19.7. The lowest BCUT2D eigenvalue weighted by atomic mass is 10.1. The average Bonchev–Trinajstić information content (AvgIpc) is 2.28. The van der Waals surface area contributed by atoms with Gasteiger partial charge in [0.1, 0.15) is 6.10 Å². The molecule has 1 aromatic rings. The van der Waals surface area contributed by atoms with Crippen molar-refractivity contribution in [3.8, 4) is 0 Å². The Hall–Kier alpha value is 0.120. The molecule has 0 fully saturated rings. The van der Waals surface area contributed by atoms with Crippen molar-refractivity contribution in [2.24, 2.45) is 0 Å². The highest BCUT2D eigenvalue weighted by molar-refractivity contribution is 9.11. The monoisotopic (exact) mass is 382 g/mol. The van der Waals surface area contributed by atoms with E-state index in [1.54, 1.807) is 12.1 Å². The van der Waals surface area contributed by atoms with Crippen LogP contribution in [0.25, 0.3) is 0 Å².